The molecule has 1 atom stereocenters. The fraction of sp³-hybridized carbons (Fsp3) is 0.286. The fourth-order valence-electron chi connectivity index (χ4n) is 2.89. The van der Waals surface area contributed by atoms with E-state index in [4.69, 9.17) is 16.3 Å². The number of hydrogen-bond acceptors (Lipinski definition) is 5. The zero-order chi connectivity index (χ0) is 20.8. The molecular weight excluding hydrogens is 408 g/mol. The first-order valence-electron chi connectivity index (χ1n) is 9.20. The van der Waals surface area contributed by atoms with E-state index in [0.29, 0.717) is 10.2 Å². The standard InChI is InChI=1S/C21H23ClN4O2S/c1-14(2)20(15-4-6-16(22)7-5-15)24-19(27)12-29-21-25-23-13-26(21)17-8-10-18(28-3)11-9-17/h4-11,13-14,20H,12H2,1-3H3,(H,24,27). The number of hydrogen-bond donors (Lipinski definition) is 1. The minimum Gasteiger partial charge on any atom is -0.497 e. The number of benzene rings is 2. The number of rotatable bonds is 8. The second kappa shape index (κ2) is 9.80. The van der Waals surface area contributed by atoms with Crippen LogP contribution < -0.4 is 10.1 Å². The van der Waals surface area contributed by atoms with Gasteiger partial charge in [0.25, 0.3) is 0 Å². The van der Waals surface area contributed by atoms with Crippen molar-refractivity contribution in [3.63, 3.8) is 0 Å². The molecule has 1 unspecified atom stereocenters. The van der Waals surface area contributed by atoms with E-state index in [-0.39, 0.29) is 23.6 Å². The maximum Gasteiger partial charge on any atom is 0.230 e. The van der Waals surface area contributed by atoms with Crippen LogP contribution in [0, 0.1) is 5.92 Å². The number of amides is 1. The summed E-state index contributed by atoms with van der Waals surface area (Å²) in [6, 6.07) is 15.1. The molecule has 1 amide bonds. The third-order valence-electron chi connectivity index (χ3n) is 4.41. The van der Waals surface area contributed by atoms with Gasteiger partial charge in [0.15, 0.2) is 5.16 Å². The number of carbonyl (C=O) groups excluding carboxylic acids is 1. The van der Waals surface area contributed by atoms with Crippen LogP contribution in [0.25, 0.3) is 5.69 Å². The monoisotopic (exact) mass is 430 g/mol. The normalized spacial score (nSPS) is 12.0. The molecule has 0 fully saturated rings. The number of methoxy groups -OCH3 is 1. The highest BCUT2D eigenvalue weighted by molar-refractivity contribution is 7.99. The van der Waals surface area contributed by atoms with Crippen molar-refractivity contribution >= 4 is 29.3 Å². The lowest BCUT2D eigenvalue weighted by Crippen LogP contribution is -2.33. The first kappa shape index (κ1) is 21.2. The van der Waals surface area contributed by atoms with Gasteiger partial charge in [-0.25, -0.2) is 0 Å². The Morgan fingerprint density at radius 1 is 1.17 bits per heavy atom. The van der Waals surface area contributed by atoms with Gasteiger partial charge < -0.3 is 10.1 Å². The van der Waals surface area contributed by atoms with Crippen molar-refractivity contribution in [1.82, 2.24) is 20.1 Å². The van der Waals surface area contributed by atoms with E-state index in [9.17, 15) is 4.79 Å². The Morgan fingerprint density at radius 3 is 2.48 bits per heavy atom. The topological polar surface area (TPSA) is 69.0 Å². The minimum absolute atomic E-state index is 0.0621. The number of nitrogens with one attached hydrogen (secondary N) is 1. The molecule has 152 valence electrons. The van der Waals surface area contributed by atoms with Gasteiger partial charge in [-0.2, -0.15) is 0 Å². The average molecular weight is 431 g/mol. The molecule has 0 aliphatic carbocycles. The minimum atomic E-state index is -0.0835. The predicted molar refractivity (Wildman–Crippen MR) is 116 cm³/mol. The number of carbonyl (C=O) groups is 1. The largest absolute Gasteiger partial charge is 0.497 e. The number of aromatic nitrogens is 3. The lowest BCUT2D eigenvalue weighted by molar-refractivity contribution is -0.119. The van der Waals surface area contributed by atoms with E-state index in [1.807, 2.05) is 53.1 Å². The Hall–Kier alpha value is -2.51. The first-order chi connectivity index (χ1) is 14.0. The van der Waals surface area contributed by atoms with Gasteiger partial charge in [-0.05, 0) is 47.9 Å². The Labute approximate surface area is 179 Å². The van der Waals surface area contributed by atoms with Gasteiger partial charge in [0, 0.05) is 10.7 Å². The van der Waals surface area contributed by atoms with Crippen LogP contribution in [-0.4, -0.2) is 33.5 Å². The molecule has 0 aliphatic heterocycles. The second-order valence-corrected chi connectivity index (χ2v) is 8.19. The molecule has 1 N–H and O–H groups in total. The summed E-state index contributed by atoms with van der Waals surface area (Å²) in [7, 11) is 1.63. The molecule has 1 heterocycles. The van der Waals surface area contributed by atoms with Crippen LogP contribution in [-0.2, 0) is 4.79 Å². The van der Waals surface area contributed by atoms with Crippen molar-refractivity contribution in [2.75, 3.05) is 12.9 Å². The Kier molecular flexibility index (Phi) is 7.17. The first-order valence-corrected chi connectivity index (χ1v) is 10.6. The highest BCUT2D eigenvalue weighted by Crippen LogP contribution is 2.25. The summed E-state index contributed by atoms with van der Waals surface area (Å²) in [5.41, 5.74) is 1.93. The number of halogens is 1. The average Bonchev–Trinajstić information content (AvgIpc) is 3.20. The zero-order valence-corrected chi connectivity index (χ0v) is 18.1. The molecule has 3 rings (SSSR count). The quantitative estimate of drug-likeness (QED) is 0.531. The van der Waals surface area contributed by atoms with Crippen LogP contribution in [0.4, 0.5) is 0 Å². The van der Waals surface area contributed by atoms with Gasteiger partial charge in [0.2, 0.25) is 5.91 Å². The summed E-state index contributed by atoms with van der Waals surface area (Å²) in [5.74, 6) is 1.20. The molecule has 0 spiro atoms. The van der Waals surface area contributed by atoms with Gasteiger partial charge in [-0.1, -0.05) is 49.3 Å². The Morgan fingerprint density at radius 2 is 1.86 bits per heavy atom. The van der Waals surface area contributed by atoms with Crippen molar-refractivity contribution in [2.45, 2.75) is 25.0 Å². The molecule has 0 saturated heterocycles. The molecule has 6 nitrogen and oxygen atoms in total. The summed E-state index contributed by atoms with van der Waals surface area (Å²) >= 11 is 7.32. The van der Waals surface area contributed by atoms with Crippen LogP contribution >= 0.6 is 23.4 Å². The molecule has 2 aromatic carbocycles. The van der Waals surface area contributed by atoms with Gasteiger partial charge >= 0.3 is 0 Å². The molecule has 1 aromatic heterocycles. The van der Waals surface area contributed by atoms with Crippen molar-refractivity contribution in [3.05, 3.63) is 65.4 Å². The maximum absolute atomic E-state index is 12.6. The third-order valence-corrected chi connectivity index (χ3v) is 5.61. The van der Waals surface area contributed by atoms with E-state index < -0.39 is 0 Å². The van der Waals surface area contributed by atoms with E-state index in [1.165, 1.54) is 11.8 Å². The Bertz CT molecular complexity index is 942. The molecule has 0 saturated carbocycles. The fourth-order valence-corrected chi connectivity index (χ4v) is 3.76. The van der Waals surface area contributed by atoms with Gasteiger partial charge in [0.1, 0.15) is 12.1 Å². The number of ether oxygens (including phenoxy) is 1. The van der Waals surface area contributed by atoms with E-state index in [0.717, 1.165) is 17.0 Å². The summed E-state index contributed by atoms with van der Waals surface area (Å²) in [4.78, 5) is 12.6. The summed E-state index contributed by atoms with van der Waals surface area (Å²) in [6.07, 6.45) is 1.63. The van der Waals surface area contributed by atoms with Crippen LogP contribution in [0.15, 0.2) is 60.0 Å². The van der Waals surface area contributed by atoms with Crippen LogP contribution in [0.3, 0.4) is 0 Å². The summed E-state index contributed by atoms with van der Waals surface area (Å²) in [5, 5.41) is 12.6. The molecule has 0 aliphatic rings. The SMILES string of the molecule is COc1ccc(-n2cnnc2SCC(=O)NC(c2ccc(Cl)cc2)C(C)C)cc1. The van der Waals surface area contributed by atoms with Crippen LogP contribution in [0.2, 0.25) is 5.02 Å². The van der Waals surface area contributed by atoms with Gasteiger partial charge in [-0.3, -0.25) is 9.36 Å². The third kappa shape index (κ3) is 5.52. The summed E-state index contributed by atoms with van der Waals surface area (Å²) < 4.78 is 7.03. The van der Waals surface area contributed by atoms with Crippen LogP contribution in [0.1, 0.15) is 25.5 Å². The van der Waals surface area contributed by atoms with Crippen molar-refractivity contribution in [2.24, 2.45) is 5.92 Å². The van der Waals surface area contributed by atoms with Crippen molar-refractivity contribution in [3.8, 4) is 11.4 Å². The van der Waals surface area contributed by atoms with Gasteiger partial charge in [0.05, 0.1) is 18.9 Å². The lowest BCUT2D eigenvalue weighted by atomic mass is 9.96. The summed E-state index contributed by atoms with van der Waals surface area (Å²) in [6.45, 7) is 4.15. The lowest BCUT2D eigenvalue weighted by Gasteiger charge is -2.23. The van der Waals surface area contributed by atoms with E-state index in [1.54, 1.807) is 13.4 Å². The van der Waals surface area contributed by atoms with Gasteiger partial charge in [-0.15, -0.1) is 10.2 Å². The van der Waals surface area contributed by atoms with Crippen molar-refractivity contribution < 1.29 is 9.53 Å². The van der Waals surface area contributed by atoms with E-state index in [2.05, 4.69) is 29.4 Å². The maximum atomic E-state index is 12.6. The molecule has 0 radical (unpaired) electrons. The van der Waals surface area contributed by atoms with Crippen molar-refractivity contribution in [1.29, 1.82) is 0 Å². The smallest absolute Gasteiger partial charge is 0.230 e. The highest BCUT2D eigenvalue weighted by Gasteiger charge is 2.19. The second-order valence-electron chi connectivity index (χ2n) is 6.81. The van der Waals surface area contributed by atoms with E-state index >= 15 is 0 Å². The van der Waals surface area contributed by atoms with Crippen LogP contribution in [0.5, 0.6) is 5.75 Å². The zero-order valence-electron chi connectivity index (χ0n) is 16.5. The number of nitrogens with zero attached hydrogens (tertiary/aromatic N) is 3. The molecule has 8 heteroatoms. The Balaban J connectivity index is 1.64. The molecule has 3 aromatic rings. The molecule has 0 bridgehead atoms. The highest BCUT2D eigenvalue weighted by atomic mass is 35.5. The predicted octanol–water partition coefficient (Wildman–Crippen LogP) is 4.53. The molecular formula is C21H23ClN4O2S. The number of thioether (sulfide) groups is 1. The molecule has 29 heavy (non-hydrogen) atoms.